The lowest BCUT2D eigenvalue weighted by molar-refractivity contribution is 0.102. The Balaban J connectivity index is 1.31. The monoisotopic (exact) mass is 446 g/mol. The van der Waals surface area contributed by atoms with E-state index in [-0.39, 0.29) is 12.0 Å². The summed E-state index contributed by atoms with van der Waals surface area (Å²) >= 11 is 1.45. The molecule has 9 heteroatoms. The van der Waals surface area contributed by atoms with Crippen molar-refractivity contribution < 1.29 is 9.53 Å². The summed E-state index contributed by atoms with van der Waals surface area (Å²) in [5.41, 5.74) is 3.83. The van der Waals surface area contributed by atoms with Crippen molar-refractivity contribution in [2.24, 2.45) is 0 Å². The van der Waals surface area contributed by atoms with Gasteiger partial charge in [-0.2, -0.15) is 0 Å². The fraction of sp³-hybridized carbons (Fsp3) is 0.261. The average Bonchev–Trinajstić information content (AvgIpc) is 3.35. The fourth-order valence-electron chi connectivity index (χ4n) is 3.71. The van der Waals surface area contributed by atoms with Crippen molar-refractivity contribution in [3.8, 4) is 16.3 Å². The smallest absolute Gasteiger partial charge is 0.256 e. The van der Waals surface area contributed by atoms with Crippen molar-refractivity contribution in [1.82, 2.24) is 25.1 Å². The zero-order valence-corrected chi connectivity index (χ0v) is 18.4. The molecule has 0 spiro atoms. The number of aromatic nitrogens is 4. The molecule has 0 radical (unpaired) electrons. The summed E-state index contributed by atoms with van der Waals surface area (Å²) in [6.07, 6.45) is 5.55. The number of hydrogen-bond donors (Lipinski definition) is 1. The van der Waals surface area contributed by atoms with Gasteiger partial charge in [0.15, 0.2) is 0 Å². The van der Waals surface area contributed by atoms with E-state index >= 15 is 0 Å². The first-order valence-corrected chi connectivity index (χ1v) is 11.3. The normalized spacial score (nSPS) is 15.0. The minimum absolute atomic E-state index is 0.182. The van der Waals surface area contributed by atoms with Crippen molar-refractivity contribution >= 4 is 34.0 Å². The lowest BCUT2D eigenvalue weighted by atomic mass is 10.1. The van der Waals surface area contributed by atoms with Crippen LogP contribution in [0.4, 0.5) is 5.82 Å². The van der Waals surface area contributed by atoms with E-state index in [2.05, 4.69) is 37.4 Å². The van der Waals surface area contributed by atoms with Crippen molar-refractivity contribution in [3.05, 3.63) is 59.9 Å². The lowest BCUT2D eigenvalue weighted by Crippen LogP contribution is -2.35. The number of piperidine rings is 1. The Morgan fingerprint density at radius 1 is 1.16 bits per heavy atom. The number of anilines is 1. The zero-order chi connectivity index (χ0) is 21.9. The molecular formula is C23H22N6O2S. The number of nitrogens with one attached hydrogen (secondary N) is 1. The highest BCUT2D eigenvalue weighted by Crippen LogP contribution is 2.25. The van der Waals surface area contributed by atoms with E-state index in [0.717, 1.165) is 47.4 Å². The molecular weight excluding hydrogens is 424 g/mol. The molecule has 3 aromatic heterocycles. The highest BCUT2D eigenvalue weighted by atomic mass is 32.1. The van der Waals surface area contributed by atoms with Crippen molar-refractivity contribution in [2.45, 2.75) is 18.9 Å². The Bertz CT molecular complexity index is 1240. The van der Waals surface area contributed by atoms with Crippen LogP contribution in [0.25, 0.3) is 21.5 Å². The molecule has 1 aliphatic heterocycles. The Kier molecular flexibility index (Phi) is 5.74. The molecule has 1 N–H and O–H groups in total. The largest absolute Gasteiger partial charge is 0.490 e. The van der Waals surface area contributed by atoms with E-state index in [4.69, 9.17) is 4.74 Å². The maximum atomic E-state index is 12.8. The highest BCUT2D eigenvalue weighted by Gasteiger charge is 2.18. The van der Waals surface area contributed by atoms with Gasteiger partial charge in [-0.3, -0.25) is 9.78 Å². The number of carbonyl (C=O) groups is 1. The molecule has 1 aliphatic rings. The second-order valence-electron chi connectivity index (χ2n) is 7.83. The maximum Gasteiger partial charge on any atom is 0.256 e. The summed E-state index contributed by atoms with van der Waals surface area (Å²) in [5, 5.41) is 12.5. The van der Waals surface area contributed by atoms with Crippen LogP contribution in [0, 0.1) is 0 Å². The molecule has 0 atom stereocenters. The number of nitrogens with zero attached hydrogens (tertiary/aromatic N) is 5. The zero-order valence-electron chi connectivity index (χ0n) is 17.6. The van der Waals surface area contributed by atoms with E-state index < -0.39 is 0 Å². The molecule has 8 nitrogen and oxygen atoms in total. The van der Waals surface area contributed by atoms with E-state index in [0.29, 0.717) is 17.1 Å². The number of carbonyl (C=O) groups excluding carboxylic acids is 1. The van der Waals surface area contributed by atoms with Gasteiger partial charge in [-0.1, -0.05) is 17.4 Å². The molecule has 1 aromatic carbocycles. The van der Waals surface area contributed by atoms with E-state index in [9.17, 15) is 4.79 Å². The lowest BCUT2D eigenvalue weighted by Gasteiger charge is -2.29. The van der Waals surface area contributed by atoms with Gasteiger partial charge >= 0.3 is 0 Å². The quantitative estimate of drug-likeness (QED) is 0.497. The van der Waals surface area contributed by atoms with Gasteiger partial charge in [0.1, 0.15) is 28.2 Å². The van der Waals surface area contributed by atoms with Crippen LogP contribution >= 0.6 is 11.3 Å². The van der Waals surface area contributed by atoms with Crippen LogP contribution in [0.2, 0.25) is 0 Å². The van der Waals surface area contributed by atoms with Gasteiger partial charge in [0.2, 0.25) is 0 Å². The van der Waals surface area contributed by atoms with Crippen molar-refractivity contribution in [2.75, 3.05) is 25.5 Å². The van der Waals surface area contributed by atoms with Gasteiger partial charge in [-0.05, 0) is 50.2 Å². The number of hydrogen-bond acceptors (Lipinski definition) is 8. The fourth-order valence-corrected chi connectivity index (χ4v) is 4.25. The van der Waals surface area contributed by atoms with Gasteiger partial charge in [0, 0.05) is 35.8 Å². The van der Waals surface area contributed by atoms with Crippen LogP contribution in [0.3, 0.4) is 0 Å². The second-order valence-corrected chi connectivity index (χ2v) is 8.67. The molecule has 32 heavy (non-hydrogen) atoms. The Hall–Kier alpha value is -3.43. The van der Waals surface area contributed by atoms with Crippen LogP contribution in [-0.2, 0) is 0 Å². The molecule has 4 heterocycles. The molecule has 1 amide bonds. The van der Waals surface area contributed by atoms with E-state index in [1.807, 2.05) is 24.3 Å². The van der Waals surface area contributed by atoms with Gasteiger partial charge < -0.3 is 15.0 Å². The third kappa shape index (κ3) is 4.58. The number of fused-ring (bicyclic) bond motifs is 1. The standard InChI is InChI=1S/C23H22N6O2S/c1-29-7-5-18(6-8-29)31-19-4-2-3-15(10-19)22(30)27-21-11-16-9-17(23-28-26-14-32-23)12-24-20(16)13-25-21/h2-4,9-14,18H,5-8H2,1H3,(H,25,27,30). The molecule has 4 aromatic rings. The minimum Gasteiger partial charge on any atom is -0.490 e. The summed E-state index contributed by atoms with van der Waals surface area (Å²) in [5.74, 6) is 0.934. The number of ether oxygens (including phenoxy) is 1. The number of likely N-dealkylation sites (tertiary alicyclic amines) is 1. The van der Waals surface area contributed by atoms with Crippen molar-refractivity contribution in [3.63, 3.8) is 0 Å². The first-order chi connectivity index (χ1) is 15.6. The van der Waals surface area contributed by atoms with Gasteiger partial charge in [0.05, 0.1) is 11.7 Å². The van der Waals surface area contributed by atoms with Crippen LogP contribution in [0.15, 0.2) is 54.3 Å². The number of pyridine rings is 2. The van der Waals surface area contributed by atoms with Gasteiger partial charge in [-0.15, -0.1) is 10.2 Å². The molecule has 0 aliphatic carbocycles. The Labute approximate surface area is 189 Å². The van der Waals surface area contributed by atoms with E-state index in [1.165, 1.54) is 11.3 Å². The number of amides is 1. The maximum absolute atomic E-state index is 12.8. The molecule has 162 valence electrons. The summed E-state index contributed by atoms with van der Waals surface area (Å²) in [6.45, 7) is 2.04. The highest BCUT2D eigenvalue weighted by molar-refractivity contribution is 7.12. The first kappa shape index (κ1) is 20.5. The number of rotatable bonds is 5. The van der Waals surface area contributed by atoms with Crippen LogP contribution in [-0.4, -0.2) is 57.2 Å². The molecule has 1 saturated heterocycles. The molecule has 1 fully saturated rings. The van der Waals surface area contributed by atoms with Crippen molar-refractivity contribution in [1.29, 1.82) is 0 Å². The Morgan fingerprint density at radius 3 is 2.84 bits per heavy atom. The van der Waals surface area contributed by atoms with Gasteiger partial charge in [0.25, 0.3) is 5.91 Å². The van der Waals surface area contributed by atoms with E-state index in [1.54, 1.807) is 30.0 Å². The summed E-state index contributed by atoms with van der Waals surface area (Å²) in [7, 11) is 2.12. The molecule has 0 unspecified atom stereocenters. The predicted molar refractivity (Wildman–Crippen MR) is 124 cm³/mol. The topological polar surface area (TPSA) is 93.1 Å². The van der Waals surface area contributed by atoms with Gasteiger partial charge in [-0.25, -0.2) is 4.98 Å². The molecule has 0 bridgehead atoms. The SMILES string of the molecule is CN1CCC(Oc2cccc(C(=O)Nc3cc4cc(-c5nncs5)cnc4cn3)c2)CC1. The molecule has 5 rings (SSSR count). The summed E-state index contributed by atoms with van der Waals surface area (Å²) < 4.78 is 6.11. The molecule has 0 saturated carbocycles. The minimum atomic E-state index is -0.237. The summed E-state index contributed by atoms with van der Waals surface area (Å²) in [4.78, 5) is 23.9. The summed E-state index contributed by atoms with van der Waals surface area (Å²) in [6, 6.07) is 11.1. The average molecular weight is 447 g/mol. The Morgan fingerprint density at radius 2 is 2.03 bits per heavy atom. The third-order valence-electron chi connectivity index (χ3n) is 5.48. The predicted octanol–water partition coefficient (Wildman–Crippen LogP) is 3.87. The van der Waals surface area contributed by atoms with Crippen LogP contribution in [0.5, 0.6) is 5.75 Å². The second kappa shape index (κ2) is 8.97. The number of benzene rings is 1. The first-order valence-electron chi connectivity index (χ1n) is 10.4. The third-order valence-corrected chi connectivity index (χ3v) is 6.22. The van der Waals surface area contributed by atoms with Crippen LogP contribution in [0.1, 0.15) is 23.2 Å². The van der Waals surface area contributed by atoms with Crippen LogP contribution < -0.4 is 10.1 Å².